The normalized spacial score (nSPS) is 9.91. The Morgan fingerprint density at radius 2 is 1.82 bits per heavy atom. The number of anilines is 1. The van der Waals surface area contributed by atoms with Crippen LogP contribution >= 0.6 is 0 Å². The third-order valence-electron chi connectivity index (χ3n) is 3.05. The maximum absolute atomic E-state index is 12.0. The van der Waals surface area contributed by atoms with Gasteiger partial charge in [-0.1, -0.05) is 18.2 Å². The van der Waals surface area contributed by atoms with Crippen molar-refractivity contribution in [2.45, 2.75) is 6.92 Å². The van der Waals surface area contributed by atoms with Gasteiger partial charge in [0.05, 0.1) is 12.7 Å². The first kappa shape index (κ1) is 15.6. The maximum atomic E-state index is 12.0. The van der Waals surface area contributed by atoms with Gasteiger partial charge in [0.25, 0.3) is 5.91 Å². The summed E-state index contributed by atoms with van der Waals surface area (Å²) in [5.41, 5.74) is 1.80. The Labute approximate surface area is 128 Å². The van der Waals surface area contributed by atoms with Gasteiger partial charge in [-0.3, -0.25) is 4.79 Å². The summed E-state index contributed by atoms with van der Waals surface area (Å²) in [4.78, 5) is 23.7. The molecule has 0 aliphatic heterocycles. The van der Waals surface area contributed by atoms with Gasteiger partial charge in [-0.2, -0.15) is 0 Å². The van der Waals surface area contributed by atoms with Crippen molar-refractivity contribution in [2.75, 3.05) is 19.0 Å². The van der Waals surface area contributed by atoms with Crippen LogP contribution in [0.15, 0.2) is 48.5 Å². The highest BCUT2D eigenvalue weighted by Gasteiger charge is 2.13. The zero-order valence-electron chi connectivity index (χ0n) is 12.5. The second kappa shape index (κ2) is 7.26. The number of carbonyl (C=O) groups is 2. The number of aryl methyl sites for hydroxylation is 1. The Morgan fingerprint density at radius 3 is 2.45 bits per heavy atom. The third kappa shape index (κ3) is 4.09. The van der Waals surface area contributed by atoms with Crippen LogP contribution < -0.4 is 10.1 Å². The van der Waals surface area contributed by atoms with Crippen molar-refractivity contribution in [3.05, 3.63) is 59.7 Å². The number of hydrogen-bond donors (Lipinski definition) is 1. The quantitative estimate of drug-likeness (QED) is 0.862. The third-order valence-corrected chi connectivity index (χ3v) is 3.05. The molecule has 0 heterocycles. The van der Waals surface area contributed by atoms with E-state index in [1.54, 1.807) is 44.4 Å². The minimum absolute atomic E-state index is 0.334. The molecule has 1 amide bonds. The van der Waals surface area contributed by atoms with Crippen LogP contribution in [0.25, 0.3) is 0 Å². The molecule has 2 aromatic carbocycles. The lowest BCUT2D eigenvalue weighted by atomic mass is 10.1. The Morgan fingerprint density at radius 1 is 1.09 bits per heavy atom. The van der Waals surface area contributed by atoms with Crippen molar-refractivity contribution >= 4 is 17.6 Å². The fraction of sp³-hybridized carbons (Fsp3) is 0.176. The summed E-state index contributed by atoms with van der Waals surface area (Å²) in [5, 5.41) is 2.65. The van der Waals surface area contributed by atoms with Gasteiger partial charge < -0.3 is 14.8 Å². The molecule has 5 heteroatoms. The van der Waals surface area contributed by atoms with Crippen LogP contribution in [0.2, 0.25) is 0 Å². The smallest absolute Gasteiger partial charge is 0.338 e. The molecule has 2 aromatic rings. The van der Waals surface area contributed by atoms with Crippen molar-refractivity contribution in [1.82, 2.24) is 0 Å². The summed E-state index contributed by atoms with van der Waals surface area (Å²) in [5.74, 6) is -0.259. The Balaban J connectivity index is 1.91. The highest BCUT2D eigenvalue weighted by molar-refractivity contribution is 5.96. The Hall–Kier alpha value is -2.82. The molecule has 0 saturated carbocycles. The molecule has 0 aromatic heterocycles. The van der Waals surface area contributed by atoms with E-state index in [1.807, 2.05) is 18.2 Å². The molecule has 0 spiro atoms. The molecule has 0 saturated heterocycles. The van der Waals surface area contributed by atoms with E-state index in [-0.39, 0.29) is 12.5 Å². The molecule has 1 N–H and O–H groups in total. The van der Waals surface area contributed by atoms with Gasteiger partial charge in [-0.15, -0.1) is 0 Å². The number of benzene rings is 2. The van der Waals surface area contributed by atoms with E-state index in [0.29, 0.717) is 17.0 Å². The topological polar surface area (TPSA) is 64.6 Å². The van der Waals surface area contributed by atoms with E-state index in [2.05, 4.69) is 5.32 Å². The van der Waals surface area contributed by atoms with E-state index in [0.717, 1.165) is 5.56 Å². The van der Waals surface area contributed by atoms with Crippen molar-refractivity contribution < 1.29 is 19.1 Å². The molecular formula is C17H17NO4. The van der Waals surface area contributed by atoms with Crippen molar-refractivity contribution in [2.24, 2.45) is 0 Å². The van der Waals surface area contributed by atoms with E-state index in [9.17, 15) is 9.59 Å². The van der Waals surface area contributed by atoms with E-state index in [1.165, 1.54) is 0 Å². The molecule has 0 aliphatic carbocycles. The van der Waals surface area contributed by atoms with Gasteiger partial charge in [-0.05, 0) is 42.8 Å². The number of amides is 1. The average Bonchev–Trinajstić information content (AvgIpc) is 2.53. The number of methoxy groups -OCH3 is 1. The predicted molar refractivity (Wildman–Crippen MR) is 83.1 cm³/mol. The highest BCUT2D eigenvalue weighted by Crippen LogP contribution is 2.17. The molecule has 0 unspecified atom stereocenters. The van der Waals surface area contributed by atoms with E-state index >= 15 is 0 Å². The van der Waals surface area contributed by atoms with Crippen LogP contribution in [0.4, 0.5) is 5.69 Å². The average molecular weight is 299 g/mol. The highest BCUT2D eigenvalue weighted by atomic mass is 16.5. The monoisotopic (exact) mass is 299 g/mol. The molecule has 114 valence electrons. The number of carbonyl (C=O) groups excluding carboxylic acids is 2. The minimum Gasteiger partial charge on any atom is -0.497 e. The van der Waals surface area contributed by atoms with Crippen LogP contribution in [0.5, 0.6) is 5.75 Å². The fourth-order valence-electron chi connectivity index (χ4n) is 1.92. The summed E-state index contributed by atoms with van der Waals surface area (Å²) < 4.78 is 10.1. The van der Waals surface area contributed by atoms with Crippen LogP contribution in [0.3, 0.4) is 0 Å². The SMILES string of the molecule is COc1ccc(C(=O)OCC(=O)Nc2ccccc2)c(C)c1. The molecule has 0 fully saturated rings. The molecule has 5 nitrogen and oxygen atoms in total. The van der Waals surface area contributed by atoms with Crippen LogP contribution in [-0.2, 0) is 9.53 Å². The summed E-state index contributed by atoms with van der Waals surface area (Å²) in [6, 6.07) is 14.0. The molecule has 22 heavy (non-hydrogen) atoms. The van der Waals surface area contributed by atoms with Gasteiger partial charge in [0, 0.05) is 5.69 Å². The summed E-state index contributed by atoms with van der Waals surface area (Å²) in [6.07, 6.45) is 0. The lowest BCUT2D eigenvalue weighted by Crippen LogP contribution is -2.21. The minimum atomic E-state index is -0.539. The zero-order valence-corrected chi connectivity index (χ0v) is 12.5. The maximum Gasteiger partial charge on any atom is 0.338 e. The molecule has 0 atom stereocenters. The lowest BCUT2D eigenvalue weighted by molar-refractivity contribution is -0.119. The van der Waals surface area contributed by atoms with Crippen molar-refractivity contribution in [3.63, 3.8) is 0 Å². The predicted octanol–water partition coefficient (Wildman–Crippen LogP) is 2.80. The van der Waals surface area contributed by atoms with Gasteiger partial charge in [-0.25, -0.2) is 4.79 Å². The molecule has 2 rings (SSSR count). The largest absolute Gasteiger partial charge is 0.497 e. The molecule has 0 bridgehead atoms. The second-order valence-electron chi connectivity index (χ2n) is 4.67. The van der Waals surface area contributed by atoms with Crippen LogP contribution in [0.1, 0.15) is 15.9 Å². The zero-order chi connectivity index (χ0) is 15.9. The number of rotatable bonds is 5. The van der Waals surface area contributed by atoms with E-state index in [4.69, 9.17) is 9.47 Å². The number of hydrogen-bond acceptors (Lipinski definition) is 4. The molecule has 0 aliphatic rings. The second-order valence-corrected chi connectivity index (χ2v) is 4.67. The summed E-state index contributed by atoms with van der Waals surface area (Å²) in [6.45, 7) is 1.45. The molecule has 0 radical (unpaired) electrons. The number of esters is 1. The van der Waals surface area contributed by atoms with Crippen molar-refractivity contribution in [1.29, 1.82) is 0 Å². The number of nitrogens with one attached hydrogen (secondary N) is 1. The fourth-order valence-corrected chi connectivity index (χ4v) is 1.92. The first-order valence-corrected chi connectivity index (χ1v) is 6.77. The Bertz CT molecular complexity index is 668. The lowest BCUT2D eigenvalue weighted by Gasteiger charge is -2.09. The van der Waals surface area contributed by atoms with Crippen LogP contribution in [-0.4, -0.2) is 25.6 Å². The number of ether oxygens (including phenoxy) is 2. The summed E-state index contributed by atoms with van der Waals surface area (Å²) >= 11 is 0. The van der Waals surface area contributed by atoms with Gasteiger partial charge in [0.1, 0.15) is 5.75 Å². The van der Waals surface area contributed by atoms with Gasteiger partial charge >= 0.3 is 5.97 Å². The van der Waals surface area contributed by atoms with Crippen molar-refractivity contribution in [3.8, 4) is 5.75 Å². The standard InChI is InChI=1S/C17H17NO4/c1-12-10-14(21-2)8-9-15(12)17(20)22-11-16(19)18-13-6-4-3-5-7-13/h3-10H,11H2,1-2H3,(H,18,19). The van der Waals surface area contributed by atoms with E-state index < -0.39 is 5.97 Å². The summed E-state index contributed by atoms with van der Waals surface area (Å²) in [7, 11) is 1.56. The van der Waals surface area contributed by atoms with Crippen LogP contribution in [0, 0.1) is 6.92 Å². The number of para-hydroxylation sites is 1. The first-order chi connectivity index (χ1) is 10.6. The van der Waals surface area contributed by atoms with Gasteiger partial charge in [0.2, 0.25) is 0 Å². The molecular weight excluding hydrogens is 282 g/mol. The first-order valence-electron chi connectivity index (χ1n) is 6.77. The Kier molecular flexibility index (Phi) is 5.14. The van der Waals surface area contributed by atoms with Gasteiger partial charge in [0.15, 0.2) is 6.61 Å².